The molecule has 0 atom stereocenters. The van der Waals surface area contributed by atoms with E-state index in [0.29, 0.717) is 28.9 Å². The van der Waals surface area contributed by atoms with Crippen LogP contribution in [0.25, 0.3) is 22.3 Å². The van der Waals surface area contributed by atoms with Crippen molar-refractivity contribution in [2.24, 2.45) is 5.73 Å². The van der Waals surface area contributed by atoms with E-state index in [2.05, 4.69) is 24.8 Å². The summed E-state index contributed by atoms with van der Waals surface area (Å²) in [6.07, 6.45) is 9.12. The Morgan fingerprint density at radius 1 is 1.11 bits per heavy atom. The molecule has 7 heteroatoms. The highest BCUT2D eigenvalue weighted by molar-refractivity contribution is 7.98. The molecule has 0 aliphatic carbocycles. The molecule has 0 spiro atoms. The molecule has 4 rings (SSSR count). The van der Waals surface area contributed by atoms with Crippen molar-refractivity contribution in [1.29, 1.82) is 5.41 Å². The Hall–Kier alpha value is -2.64. The third-order valence-electron chi connectivity index (χ3n) is 7.23. The number of hydrogen-bond donors (Lipinski definition) is 2. The summed E-state index contributed by atoms with van der Waals surface area (Å²) in [5.74, 6) is -0.0190. The van der Waals surface area contributed by atoms with Crippen LogP contribution in [0.3, 0.4) is 0 Å². The van der Waals surface area contributed by atoms with Gasteiger partial charge in [-0.05, 0) is 83.1 Å². The molecule has 1 aromatic heterocycles. The van der Waals surface area contributed by atoms with E-state index in [1.54, 1.807) is 23.9 Å². The van der Waals surface area contributed by atoms with Crippen molar-refractivity contribution in [3.8, 4) is 11.3 Å². The molecule has 1 aliphatic heterocycles. The van der Waals surface area contributed by atoms with Gasteiger partial charge in [-0.1, -0.05) is 31.0 Å². The van der Waals surface area contributed by atoms with Crippen LogP contribution < -0.4 is 11.3 Å². The zero-order valence-electron chi connectivity index (χ0n) is 21.1. The van der Waals surface area contributed by atoms with Crippen LogP contribution in [0.4, 0.5) is 0 Å². The van der Waals surface area contributed by atoms with E-state index in [0.717, 1.165) is 41.7 Å². The predicted octanol–water partition coefficient (Wildman–Crippen LogP) is 5.50. The van der Waals surface area contributed by atoms with Gasteiger partial charge in [0, 0.05) is 28.1 Å². The minimum absolute atomic E-state index is 0.0190. The van der Waals surface area contributed by atoms with Crippen molar-refractivity contribution in [3.05, 3.63) is 58.4 Å². The van der Waals surface area contributed by atoms with Crippen LogP contribution in [-0.2, 0) is 6.54 Å². The highest BCUT2D eigenvalue weighted by atomic mass is 32.2. The number of rotatable bonds is 9. The van der Waals surface area contributed by atoms with Crippen LogP contribution in [0.15, 0.2) is 52.2 Å². The second-order valence-corrected chi connectivity index (χ2v) is 11.0. The van der Waals surface area contributed by atoms with E-state index in [1.165, 1.54) is 25.8 Å². The Labute approximate surface area is 212 Å². The van der Waals surface area contributed by atoms with Crippen molar-refractivity contribution in [2.75, 3.05) is 19.3 Å². The first kappa shape index (κ1) is 25.5. The third kappa shape index (κ3) is 5.78. The Morgan fingerprint density at radius 2 is 1.91 bits per heavy atom. The van der Waals surface area contributed by atoms with Gasteiger partial charge >= 0.3 is 0 Å². The Balaban J connectivity index is 1.58. The van der Waals surface area contributed by atoms with Crippen LogP contribution in [0, 0.1) is 5.41 Å². The second kappa shape index (κ2) is 11.0. The average molecular weight is 492 g/mol. The van der Waals surface area contributed by atoms with Gasteiger partial charge in [0.05, 0.1) is 11.0 Å². The Morgan fingerprint density at radius 3 is 2.66 bits per heavy atom. The fraction of sp³-hybridized carbons (Fsp3) is 0.464. The summed E-state index contributed by atoms with van der Waals surface area (Å²) in [7, 11) is 0. The van der Waals surface area contributed by atoms with E-state index in [4.69, 9.17) is 16.1 Å². The van der Waals surface area contributed by atoms with Crippen LogP contribution >= 0.6 is 11.8 Å². The maximum absolute atomic E-state index is 13.7. The normalized spacial score (nSPS) is 16.0. The summed E-state index contributed by atoms with van der Waals surface area (Å²) in [4.78, 5) is 22.2. The average Bonchev–Trinajstić information content (AvgIpc) is 2.85. The van der Waals surface area contributed by atoms with Crippen LogP contribution in [0.2, 0.25) is 0 Å². The summed E-state index contributed by atoms with van der Waals surface area (Å²) in [5, 5.41) is 7.76. The number of nitrogens with one attached hydrogen (secondary N) is 1. The van der Waals surface area contributed by atoms with Gasteiger partial charge in [0.15, 0.2) is 0 Å². The maximum Gasteiger partial charge on any atom is 0.277 e. The number of amidine groups is 1. The molecule has 1 saturated heterocycles. The summed E-state index contributed by atoms with van der Waals surface area (Å²) in [5.41, 5.74) is 9.28. The number of aryl methyl sites for hydroxylation is 1. The molecule has 0 radical (unpaired) electrons. The molecule has 186 valence electrons. The lowest BCUT2D eigenvalue weighted by molar-refractivity contribution is 0.0750. The highest BCUT2D eigenvalue weighted by Gasteiger charge is 2.28. The molecule has 2 heterocycles. The standard InChI is InChI=1S/C28H37N5OS/c1-28(2)14-5-8-16-32(28)15-6-4-7-17-33-24-19-22(35-3)12-13-23(24)31-25(27(33)34)20-10-9-11-21(18-20)26(29)30/h9-13,18-19H,4-8,14-17H2,1-3H3,(H3,29,30). The van der Waals surface area contributed by atoms with E-state index in [-0.39, 0.29) is 11.4 Å². The van der Waals surface area contributed by atoms with Crippen molar-refractivity contribution < 1.29 is 0 Å². The molecule has 1 aliphatic rings. The second-order valence-electron chi connectivity index (χ2n) is 10.1. The lowest BCUT2D eigenvalue weighted by Crippen LogP contribution is -2.47. The monoisotopic (exact) mass is 491 g/mol. The quantitative estimate of drug-likeness (QED) is 0.178. The minimum Gasteiger partial charge on any atom is -0.384 e. The smallest absolute Gasteiger partial charge is 0.277 e. The van der Waals surface area contributed by atoms with E-state index in [1.807, 2.05) is 35.1 Å². The molecule has 0 bridgehead atoms. The summed E-state index contributed by atoms with van der Waals surface area (Å²) in [6.45, 7) is 7.71. The molecule has 3 aromatic rings. The number of nitrogens with zero attached hydrogens (tertiary/aromatic N) is 3. The van der Waals surface area contributed by atoms with Crippen LogP contribution in [0.1, 0.15) is 57.9 Å². The Bertz CT molecular complexity index is 1270. The first-order chi connectivity index (χ1) is 16.8. The number of hydrogen-bond acceptors (Lipinski definition) is 5. The summed E-state index contributed by atoms with van der Waals surface area (Å²) >= 11 is 1.67. The van der Waals surface area contributed by atoms with Gasteiger partial charge in [0.1, 0.15) is 11.5 Å². The minimum atomic E-state index is -0.0892. The number of likely N-dealkylation sites (tertiary alicyclic amines) is 1. The van der Waals surface area contributed by atoms with Crippen LogP contribution in [-0.4, -0.2) is 45.2 Å². The lowest BCUT2D eigenvalue weighted by Gasteiger charge is -2.42. The van der Waals surface area contributed by atoms with Gasteiger partial charge in [-0.3, -0.25) is 15.1 Å². The number of nitrogens with two attached hydrogens (primary N) is 1. The number of aromatic nitrogens is 2. The number of piperidine rings is 1. The largest absolute Gasteiger partial charge is 0.384 e. The van der Waals surface area contributed by atoms with E-state index < -0.39 is 0 Å². The Kier molecular flexibility index (Phi) is 7.97. The predicted molar refractivity (Wildman–Crippen MR) is 148 cm³/mol. The molecule has 35 heavy (non-hydrogen) atoms. The SMILES string of the molecule is CSc1ccc2nc(-c3cccc(C(=N)N)c3)c(=O)n(CCCCCN3CCCCC3(C)C)c2c1. The van der Waals surface area contributed by atoms with Crippen molar-refractivity contribution in [3.63, 3.8) is 0 Å². The fourth-order valence-electron chi connectivity index (χ4n) is 5.08. The van der Waals surface area contributed by atoms with Gasteiger partial charge < -0.3 is 10.3 Å². The van der Waals surface area contributed by atoms with Gasteiger partial charge in [0.25, 0.3) is 5.56 Å². The molecule has 0 amide bonds. The van der Waals surface area contributed by atoms with Gasteiger partial charge in [-0.2, -0.15) is 0 Å². The van der Waals surface area contributed by atoms with Gasteiger partial charge in [-0.15, -0.1) is 11.8 Å². The number of fused-ring (bicyclic) bond motifs is 1. The first-order valence-corrected chi connectivity index (χ1v) is 13.8. The zero-order chi connectivity index (χ0) is 25.0. The molecular weight excluding hydrogens is 454 g/mol. The van der Waals surface area contributed by atoms with Crippen molar-refractivity contribution >= 4 is 28.6 Å². The van der Waals surface area contributed by atoms with E-state index in [9.17, 15) is 4.79 Å². The molecule has 3 N–H and O–H groups in total. The van der Waals surface area contributed by atoms with Gasteiger partial charge in [0.2, 0.25) is 0 Å². The third-order valence-corrected chi connectivity index (χ3v) is 7.96. The lowest BCUT2D eigenvalue weighted by atomic mass is 9.90. The number of thioether (sulfide) groups is 1. The molecule has 2 aromatic carbocycles. The topological polar surface area (TPSA) is 88.0 Å². The zero-order valence-corrected chi connectivity index (χ0v) is 22.0. The molecule has 6 nitrogen and oxygen atoms in total. The van der Waals surface area contributed by atoms with Gasteiger partial charge in [-0.25, -0.2) is 4.98 Å². The summed E-state index contributed by atoms with van der Waals surface area (Å²) < 4.78 is 1.89. The number of nitrogen functional groups attached to an aromatic ring is 1. The highest BCUT2D eigenvalue weighted by Crippen LogP contribution is 2.28. The molecular formula is C28H37N5OS. The molecule has 1 fully saturated rings. The van der Waals surface area contributed by atoms with E-state index >= 15 is 0 Å². The molecule has 0 unspecified atom stereocenters. The van der Waals surface area contributed by atoms with Crippen LogP contribution in [0.5, 0.6) is 0 Å². The summed E-state index contributed by atoms with van der Waals surface area (Å²) in [6, 6.07) is 13.3. The maximum atomic E-state index is 13.7. The van der Waals surface area contributed by atoms with Crippen molar-refractivity contribution in [1.82, 2.24) is 14.5 Å². The number of unbranched alkanes of at least 4 members (excludes halogenated alkanes) is 2. The molecule has 0 saturated carbocycles. The first-order valence-electron chi connectivity index (χ1n) is 12.6. The fourth-order valence-corrected chi connectivity index (χ4v) is 5.51. The number of benzene rings is 2. The van der Waals surface area contributed by atoms with Crippen molar-refractivity contribution in [2.45, 2.75) is 69.4 Å².